The van der Waals surface area contributed by atoms with Crippen molar-refractivity contribution in [3.63, 3.8) is 0 Å². The molecule has 2 aliphatic rings. The Morgan fingerprint density at radius 3 is 1.66 bits per heavy atom. The zero-order valence-electron chi connectivity index (χ0n) is 39.0. The molecule has 3 heterocycles. The Labute approximate surface area is 414 Å². The first-order chi connectivity index (χ1) is 34.0. The topological polar surface area (TPSA) is 264 Å². The second-order valence-corrected chi connectivity index (χ2v) is 18.0. The van der Waals surface area contributed by atoms with Crippen LogP contribution in [0.1, 0.15) is 41.0 Å². The van der Waals surface area contributed by atoms with Crippen LogP contribution in [0.25, 0.3) is 0 Å². The number of aliphatic carboxylic acids is 1. The van der Waals surface area contributed by atoms with Crippen molar-refractivity contribution >= 4 is 83.7 Å². The molecule has 4 aromatic carbocycles. The van der Waals surface area contributed by atoms with Gasteiger partial charge in [0.2, 0.25) is 35.8 Å². The largest absolute Gasteiger partial charge is 0.480 e. The van der Waals surface area contributed by atoms with Crippen LogP contribution in [0.3, 0.4) is 0 Å². The van der Waals surface area contributed by atoms with Crippen molar-refractivity contribution in [2.75, 3.05) is 5.32 Å². The van der Waals surface area contributed by atoms with E-state index in [2.05, 4.69) is 31.9 Å². The molecule has 71 heavy (non-hydrogen) atoms. The van der Waals surface area contributed by atoms with E-state index in [0.29, 0.717) is 27.1 Å². The van der Waals surface area contributed by atoms with Gasteiger partial charge in [0.1, 0.15) is 38.1 Å². The van der Waals surface area contributed by atoms with E-state index in [9.17, 15) is 48.3 Å². The number of anilines is 1. The smallest absolute Gasteiger partial charge is 0.326 e. The summed E-state index contributed by atoms with van der Waals surface area (Å²) < 4.78 is 10.6. The van der Waals surface area contributed by atoms with E-state index in [0.717, 1.165) is 19.3 Å². The van der Waals surface area contributed by atoms with Gasteiger partial charge in [-0.15, -0.1) is 11.3 Å². The van der Waals surface area contributed by atoms with Gasteiger partial charge < -0.3 is 46.5 Å². The number of hydrogen-bond acceptors (Lipinski definition) is 12. The lowest BCUT2D eigenvalue weighted by Crippen LogP contribution is -2.61. The minimum Gasteiger partial charge on any atom is -0.480 e. The van der Waals surface area contributed by atoms with E-state index in [1.807, 2.05) is 20.0 Å². The highest BCUT2D eigenvalue weighted by atomic mass is 32.1. The van der Waals surface area contributed by atoms with Crippen molar-refractivity contribution in [2.45, 2.75) is 88.4 Å². The Kier molecular flexibility index (Phi) is 18.4. The molecule has 368 valence electrons. The Balaban J connectivity index is 1.44. The fourth-order valence-corrected chi connectivity index (χ4v) is 8.46. The zero-order chi connectivity index (χ0) is 51.0. The molecule has 0 radical (unpaired) electrons. The molecule has 7 rings (SSSR count). The van der Waals surface area contributed by atoms with Crippen molar-refractivity contribution in [3.8, 4) is 0 Å². The van der Waals surface area contributed by atoms with Gasteiger partial charge in [0.05, 0.1) is 0 Å². The Morgan fingerprint density at radius 1 is 0.620 bits per heavy atom. The van der Waals surface area contributed by atoms with Crippen LogP contribution in [0.15, 0.2) is 127 Å². The summed E-state index contributed by atoms with van der Waals surface area (Å²) in [6.07, 6.45) is -4.86. The molecule has 5 aromatic rings. The summed E-state index contributed by atoms with van der Waals surface area (Å²) in [6.45, 7) is 1.95. The minimum atomic E-state index is -2.12. The van der Waals surface area contributed by atoms with Crippen molar-refractivity contribution in [1.82, 2.24) is 26.6 Å². The van der Waals surface area contributed by atoms with Gasteiger partial charge in [-0.25, -0.2) is 4.79 Å². The van der Waals surface area contributed by atoms with Crippen molar-refractivity contribution < 1.29 is 57.7 Å². The monoisotopic (exact) mass is 984 g/mol. The highest BCUT2D eigenvalue weighted by Gasteiger charge is 2.42. The predicted molar refractivity (Wildman–Crippen MR) is 264 cm³/mol. The first kappa shape index (κ1) is 52.3. The molecule has 0 saturated heterocycles. The van der Waals surface area contributed by atoms with Crippen LogP contribution in [0.4, 0.5) is 5.69 Å². The molecule has 7 atom stereocenters. The first-order valence-electron chi connectivity index (χ1n) is 22.7. The average molecular weight is 985 g/mol. The van der Waals surface area contributed by atoms with E-state index in [4.69, 9.17) is 9.47 Å². The molecule has 0 unspecified atom stereocenters. The number of benzene rings is 4. The second kappa shape index (κ2) is 24.9. The summed E-state index contributed by atoms with van der Waals surface area (Å²) in [5.41, 5.74) is 3.29. The molecular weight excluding hydrogens is 931 g/mol. The maximum absolute atomic E-state index is 14.7. The van der Waals surface area contributed by atoms with Crippen molar-refractivity contribution in [3.05, 3.63) is 154 Å². The third kappa shape index (κ3) is 15.7. The average Bonchev–Trinajstić information content (AvgIpc) is 3.86. The third-order valence-electron chi connectivity index (χ3n) is 11.3. The summed E-state index contributed by atoms with van der Waals surface area (Å²) >= 11 is 1.26. The van der Waals surface area contributed by atoms with E-state index in [1.165, 1.54) is 35.6 Å². The zero-order valence-corrected chi connectivity index (χ0v) is 39.9. The number of hydrogen-bond donors (Lipinski definition) is 7. The van der Waals surface area contributed by atoms with Gasteiger partial charge in [-0.2, -0.15) is 0 Å². The maximum Gasteiger partial charge on any atom is 0.326 e. The van der Waals surface area contributed by atoms with Crippen LogP contribution in [0.5, 0.6) is 0 Å². The lowest BCUT2D eigenvalue weighted by molar-refractivity contribution is -0.173. The van der Waals surface area contributed by atoms with Gasteiger partial charge in [-0.3, -0.25) is 38.4 Å². The predicted octanol–water partition coefficient (Wildman–Crippen LogP) is 0.844. The summed E-state index contributed by atoms with van der Waals surface area (Å²) in [4.78, 5) is 125. The number of ether oxygens (including phenoxy) is 2. The molecule has 18 nitrogen and oxygen atoms in total. The van der Waals surface area contributed by atoms with Crippen LogP contribution < -0.4 is 37.4 Å². The molecule has 0 saturated carbocycles. The van der Waals surface area contributed by atoms with E-state index < -0.39 is 95.8 Å². The van der Waals surface area contributed by atoms with Crippen molar-refractivity contribution in [2.24, 2.45) is 0 Å². The van der Waals surface area contributed by atoms with Crippen LogP contribution in [-0.4, -0.2) is 109 Å². The van der Waals surface area contributed by atoms with Gasteiger partial charge >= 0.3 is 17.9 Å². The highest BCUT2D eigenvalue weighted by molar-refractivity contribution is 7.09. The number of nitrogens with one attached hydrogen (secondary N) is 6. The van der Waals surface area contributed by atoms with Crippen molar-refractivity contribution in [1.29, 1.82) is 0 Å². The molecule has 0 spiro atoms. The molecule has 1 aromatic heterocycles. The number of thiophene rings is 1. The molecule has 0 fully saturated rings. The lowest BCUT2D eigenvalue weighted by Gasteiger charge is -2.28. The number of carbonyl (C=O) groups is 9. The Morgan fingerprint density at radius 2 is 1.13 bits per heavy atom. The fourth-order valence-electron chi connectivity index (χ4n) is 7.71. The van der Waals surface area contributed by atoms with Gasteiger partial charge in [0.25, 0.3) is 11.8 Å². The molecule has 6 amide bonds. The molecular formula is C51H53BN6O12S. The Hall–Kier alpha value is -8.13. The van der Waals surface area contributed by atoms with Crippen LogP contribution in [-0.2, 0) is 84.7 Å². The second-order valence-electron chi connectivity index (χ2n) is 16.9. The number of esters is 2. The normalized spacial score (nSPS) is 20.6. The van der Waals surface area contributed by atoms with E-state index in [-0.39, 0.29) is 37.8 Å². The van der Waals surface area contributed by atoms with Gasteiger partial charge in [0, 0.05) is 56.5 Å². The summed E-state index contributed by atoms with van der Waals surface area (Å²) in [5, 5.41) is 27.9. The van der Waals surface area contributed by atoms with E-state index in [1.54, 1.807) is 90.3 Å². The Bertz CT molecular complexity index is 2690. The summed E-state index contributed by atoms with van der Waals surface area (Å²) in [7, 11) is 1.87. The standard InChI is InChI=1S/C51H53BN6O12S/c1-29(59)69-43-44(70-30(2)60)50(66)57-41(28-37-14-9-23-71-37)48(64)56-39(25-33-15-19-35(52)20-16-33)46(62)54-38(24-31-10-5-3-6-11-31)45(61)55-40(26-34-17-21-36(22-18-34)53-49(43)65)47(63)58-42(51(67)68)27-32-12-7-4-8-13-32/h3-23,38-44H,24-28,52H2,1-2H3,(H,53,65)(H,54,62)(H,55,61)(H,56,64)(H,57,66)(H,58,63)(H,67,68)/t38-,39+,40-,41-,42-,43+,44+/m0/s1. The summed E-state index contributed by atoms with van der Waals surface area (Å²) in [5.74, 6) is -9.03. The number of amides is 6. The number of carboxylic acids is 1. The van der Waals surface area contributed by atoms with Crippen LogP contribution >= 0.6 is 11.3 Å². The minimum absolute atomic E-state index is 0.0836. The summed E-state index contributed by atoms with van der Waals surface area (Å²) in [6, 6.07) is 26.6. The van der Waals surface area contributed by atoms with Gasteiger partial charge in [-0.1, -0.05) is 109 Å². The third-order valence-corrected chi connectivity index (χ3v) is 12.2. The van der Waals surface area contributed by atoms with E-state index >= 15 is 0 Å². The SMILES string of the molecule is Bc1ccc(C[C@H]2NC(=O)[C@H](Cc3cccs3)NC(=O)[C@H](OC(C)=O)[C@@H](OC(C)=O)C(=O)Nc3ccc(cc3)C[C@@H](C(=O)N[C@@H](Cc3ccccc3)C(=O)O)NC(=O)[C@H](Cc3ccccc3)NC2=O)cc1. The maximum atomic E-state index is 14.7. The molecule has 2 aliphatic heterocycles. The van der Waals surface area contributed by atoms with Crippen LogP contribution in [0, 0.1) is 0 Å². The van der Waals surface area contributed by atoms with Gasteiger partial charge in [0.15, 0.2) is 0 Å². The van der Waals surface area contributed by atoms with Gasteiger partial charge in [-0.05, 0) is 45.8 Å². The number of rotatable bonds is 13. The quantitative estimate of drug-likeness (QED) is 0.0492. The van der Waals surface area contributed by atoms with Crippen LogP contribution in [0.2, 0.25) is 0 Å². The number of carbonyl (C=O) groups excluding carboxylic acids is 8. The highest BCUT2D eigenvalue weighted by Crippen LogP contribution is 2.18. The molecule has 0 aliphatic carbocycles. The molecule has 7 N–H and O–H groups in total. The first-order valence-corrected chi connectivity index (χ1v) is 23.5. The lowest BCUT2D eigenvalue weighted by atomic mass is 9.93. The number of carboxylic acid groups (broad SMARTS) is 1. The molecule has 2 bridgehead atoms. The fraction of sp³-hybridized carbons (Fsp3) is 0.275. The number of fused-ring (bicyclic) bond motifs is 18. The molecule has 20 heteroatoms.